The van der Waals surface area contributed by atoms with E-state index in [1.165, 1.54) is 6.08 Å². The minimum atomic E-state index is -0.680. The van der Waals surface area contributed by atoms with E-state index in [-0.39, 0.29) is 30.7 Å². The fourth-order valence-corrected chi connectivity index (χ4v) is 4.04. The van der Waals surface area contributed by atoms with Crippen LogP contribution in [0.1, 0.15) is 48.4 Å². The summed E-state index contributed by atoms with van der Waals surface area (Å²) in [5, 5.41) is 15.0. The zero-order valence-corrected chi connectivity index (χ0v) is 20.1. The number of aliphatic hydroxyl groups is 1. The topological polar surface area (TPSA) is 96.2 Å². The Kier molecular flexibility index (Phi) is 6.84. The molecular weight excluding hydrogens is 447 g/mol. The molecule has 3 N–H and O–H groups in total. The normalized spacial score (nSPS) is 13.9. The number of nitrogens with one attached hydrogen (secondary N) is 2. The Morgan fingerprint density at radius 3 is 2.51 bits per heavy atom. The van der Waals surface area contributed by atoms with Crippen molar-refractivity contribution in [1.29, 1.82) is 0 Å². The molecule has 8 heteroatoms. The molecule has 1 heterocycles. The van der Waals surface area contributed by atoms with Gasteiger partial charge < -0.3 is 20.3 Å². The molecule has 1 aliphatic carbocycles. The maximum absolute atomic E-state index is 13.5. The summed E-state index contributed by atoms with van der Waals surface area (Å²) in [6.07, 6.45) is 4.31. The molecule has 2 aromatic carbocycles. The molecule has 0 radical (unpaired) electrons. The number of imidazole rings is 1. The van der Waals surface area contributed by atoms with Gasteiger partial charge in [-0.1, -0.05) is 12.1 Å². The summed E-state index contributed by atoms with van der Waals surface area (Å²) in [6.45, 7) is 5.24. The van der Waals surface area contributed by atoms with Crippen molar-refractivity contribution in [2.75, 3.05) is 11.9 Å². The van der Waals surface area contributed by atoms with Crippen LogP contribution in [0.2, 0.25) is 0 Å². The Morgan fingerprint density at radius 1 is 1.11 bits per heavy atom. The number of rotatable bonds is 7. The van der Waals surface area contributed by atoms with Crippen LogP contribution >= 0.6 is 0 Å². The van der Waals surface area contributed by atoms with Gasteiger partial charge in [-0.15, -0.1) is 0 Å². The molecule has 1 aromatic heterocycles. The van der Waals surface area contributed by atoms with Gasteiger partial charge in [0, 0.05) is 23.4 Å². The Morgan fingerprint density at radius 2 is 1.86 bits per heavy atom. The summed E-state index contributed by atoms with van der Waals surface area (Å²) in [4.78, 5) is 29.7. The highest BCUT2D eigenvalue weighted by Crippen LogP contribution is 2.28. The van der Waals surface area contributed by atoms with Gasteiger partial charge in [-0.3, -0.25) is 9.59 Å². The van der Waals surface area contributed by atoms with E-state index in [0.717, 1.165) is 28.1 Å². The summed E-state index contributed by atoms with van der Waals surface area (Å²) >= 11 is 0. The highest BCUT2D eigenvalue weighted by molar-refractivity contribution is 6.06. The molecular formula is C27H29FN4O3. The molecule has 0 saturated heterocycles. The molecule has 0 fully saturated rings. The van der Waals surface area contributed by atoms with E-state index < -0.39 is 5.54 Å². The van der Waals surface area contributed by atoms with E-state index in [9.17, 15) is 19.1 Å². The number of halogens is 1. The highest BCUT2D eigenvalue weighted by atomic mass is 19.1. The molecule has 3 aromatic rings. The lowest BCUT2D eigenvalue weighted by molar-refractivity contribution is -0.122. The van der Waals surface area contributed by atoms with Crippen LogP contribution < -0.4 is 10.6 Å². The standard InChI is InChI=1S/C27H29FN4O3/c1-17-29-23-13-6-19(15-24(23)32(17)22-11-7-20(28)8-12-22)26(35)30-21-9-4-18(5-10-21)14-25(34)31-27(2,3)16-33/h4-7,9-11,13,15,33H,8,12,14,16H2,1-3H3,(H,30,35)(H,31,34). The Bertz CT molecular complexity index is 1340. The number of benzene rings is 2. The Labute approximate surface area is 203 Å². The molecule has 35 heavy (non-hydrogen) atoms. The average Bonchev–Trinajstić information content (AvgIpc) is 3.15. The first kappa shape index (κ1) is 24.3. The van der Waals surface area contributed by atoms with E-state index in [1.54, 1.807) is 56.3 Å². The maximum Gasteiger partial charge on any atom is 0.255 e. The van der Waals surface area contributed by atoms with Gasteiger partial charge in [0.15, 0.2) is 0 Å². The molecule has 0 unspecified atom stereocenters. The smallest absolute Gasteiger partial charge is 0.255 e. The van der Waals surface area contributed by atoms with E-state index in [4.69, 9.17) is 0 Å². The zero-order chi connectivity index (χ0) is 25.2. The monoisotopic (exact) mass is 476 g/mol. The average molecular weight is 477 g/mol. The third kappa shape index (κ3) is 5.66. The van der Waals surface area contributed by atoms with Crippen molar-refractivity contribution in [3.63, 3.8) is 0 Å². The van der Waals surface area contributed by atoms with Gasteiger partial charge in [0.2, 0.25) is 5.91 Å². The number of allylic oxidation sites excluding steroid dienone is 4. The second kappa shape index (κ2) is 9.84. The van der Waals surface area contributed by atoms with E-state index in [0.29, 0.717) is 24.1 Å². The molecule has 0 atom stereocenters. The lowest BCUT2D eigenvalue weighted by Crippen LogP contribution is -2.46. The number of fused-ring (bicyclic) bond motifs is 1. The molecule has 0 bridgehead atoms. The van der Waals surface area contributed by atoms with Crippen LogP contribution in [0.15, 0.2) is 60.4 Å². The van der Waals surface area contributed by atoms with Crippen molar-refractivity contribution in [2.24, 2.45) is 0 Å². The van der Waals surface area contributed by atoms with E-state index in [2.05, 4.69) is 15.6 Å². The minimum Gasteiger partial charge on any atom is -0.394 e. The van der Waals surface area contributed by atoms with Gasteiger partial charge in [-0.2, -0.15) is 0 Å². The predicted molar refractivity (Wildman–Crippen MR) is 135 cm³/mol. The van der Waals surface area contributed by atoms with Crippen molar-refractivity contribution in [3.05, 3.63) is 77.4 Å². The molecule has 7 nitrogen and oxygen atoms in total. The molecule has 0 saturated carbocycles. The number of anilines is 1. The van der Waals surface area contributed by atoms with Gasteiger partial charge in [-0.25, -0.2) is 9.37 Å². The van der Waals surface area contributed by atoms with Crippen LogP contribution in [0.4, 0.5) is 10.1 Å². The second-order valence-corrected chi connectivity index (χ2v) is 9.39. The quantitative estimate of drug-likeness (QED) is 0.467. The number of aliphatic hydroxyl groups excluding tert-OH is 1. The molecule has 2 amide bonds. The SMILES string of the molecule is Cc1nc2ccc(C(=O)Nc3ccc(CC(=O)NC(C)(C)CO)cc3)cc2n1C1=CC=C(F)CC1. The number of hydrogen-bond acceptors (Lipinski definition) is 4. The van der Waals surface area contributed by atoms with E-state index >= 15 is 0 Å². The summed E-state index contributed by atoms with van der Waals surface area (Å²) in [6, 6.07) is 12.4. The molecule has 0 aliphatic heterocycles. The first-order valence-corrected chi connectivity index (χ1v) is 11.5. The van der Waals surface area contributed by atoms with Crippen LogP contribution in [0.5, 0.6) is 0 Å². The number of carbonyl (C=O) groups is 2. The van der Waals surface area contributed by atoms with Crippen LogP contribution in [0.25, 0.3) is 16.7 Å². The number of amides is 2. The molecule has 0 spiro atoms. The maximum atomic E-state index is 13.5. The number of aryl methyl sites for hydroxylation is 1. The second-order valence-electron chi connectivity index (χ2n) is 9.39. The Hall–Kier alpha value is -3.78. The van der Waals surface area contributed by atoms with Crippen LogP contribution in [0.3, 0.4) is 0 Å². The van der Waals surface area contributed by atoms with Crippen molar-refractivity contribution in [3.8, 4) is 0 Å². The first-order valence-electron chi connectivity index (χ1n) is 11.5. The van der Waals surface area contributed by atoms with Crippen LogP contribution in [-0.4, -0.2) is 38.6 Å². The van der Waals surface area contributed by atoms with Crippen molar-refractivity contribution in [1.82, 2.24) is 14.9 Å². The number of carbonyl (C=O) groups excluding carboxylic acids is 2. The first-order chi connectivity index (χ1) is 16.6. The molecule has 4 rings (SSSR count). The van der Waals surface area contributed by atoms with Crippen LogP contribution in [-0.2, 0) is 11.2 Å². The molecule has 182 valence electrons. The number of aromatic nitrogens is 2. The third-order valence-electron chi connectivity index (χ3n) is 5.90. The summed E-state index contributed by atoms with van der Waals surface area (Å²) in [5.74, 6) is 0.182. The lowest BCUT2D eigenvalue weighted by atomic mass is 10.1. The minimum absolute atomic E-state index is 0.142. The molecule has 1 aliphatic rings. The fraction of sp³-hybridized carbons (Fsp3) is 0.296. The largest absolute Gasteiger partial charge is 0.394 e. The summed E-state index contributed by atoms with van der Waals surface area (Å²) < 4.78 is 15.4. The highest BCUT2D eigenvalue weighted by Gasteiger charge is 2.19. The van der Waals surface area contributed by atoms with Crippen molar-refractivity contribution < 1.29 is 19.1 Å². The van der Waals surface area contributed by atoms with Crippen molar-refractivity contribution >= 4 is 34.2 Å². The van der Waals surface area contributed by atoms with Gasteiger partial charge >= 0.3 is 0 Å². The van der Waals surface area contributed by atoms with Gasteiger partial charge in [0.05, 0.1) is 29.6 Å². The Balaban J connectivity index is 1.48. The number of hydrogen-bond donors (Lipinski definition) is 3. The fourth-order valence-electron chi connectivity index (χ4n) is 4.04. The van der Waals surface area contributed by atoms with Crippen molar-refractivity contribution in [2.45, 2.75) is 45.6 Å². The lowest BCUT2D eigenvalue weighted by Gasteiger charge is -2.23. The summed E-state index contributed by atoms with van der Waals surface area (Å²) in [7, 11) is 0. The number of nitrogens with zero attached hydrogens (tertiary/aromatic N) is 2. The van der Waals surface area contributed by atoms with Crippen LogP contribution in [0, 0.1) is 6.92 Å². The predicted octanol–water partition coefficient (Wildman–Crippen LogP) is 4.51. The van der Waals surface area contributed by atoms with E-state index in [1.807, 2.05) is 17.6 Å². The zero-order valence-electron chi connectivity index (χ0n) is 20.1. The van der Waals surface area contributed by atoms with Gasteiger partial charge in [-0.05, 0) is 75.2 Å². The summed E-state index contributed by atoms with van der Waals surface area (Å²) in [5.41, 5.74) is 3.70. The third-order valence-corrected chi connectivity index (χ3v) is 5.90. The van der Waals surface area contributed by atoms with Gasteiger partial charge in [0.1, 0.15) is 11.7 Å². The van der Waals surface area contributed by atoms with Gasteiger partial charge in [0.25, 0.3) is 5.91 Å².